The second-order valence-corrected chi connectivity index (χ2v) is 8.22. The van der Waals surface area contributed by atoms with Crippen LogP contribution in [0.1, 0.15) is 55.8 Å². The number of nitrogens with two attached hydrogens (primary N) is 1. The number of allylic oxidation sites excluding steroid dienone is 3. The smallest absolute Gasteiger partial charge is 0.250 e. The summed E-state index contributed by atoms with van der Waals surface area (Å²) in [4.78, 5) is 11.9. The molecule has 0 unspecified atom stereocenters. The number of nitrogens with zero attached hydrogens (tertiary/aromatic N) is 2. The SMILES string of the molecule is CCC[C@]1(c2ccc(-n3cc4c(n3)/C(C(N)=O)=C\C=C\CC4)cc2)CCCNC1. The van der Waals surface area contributed by atoms with E-state index in [2.05, 4.69) is 42.6 Å². The van der Waals surface area contributed by atoms with E-state index in [-0.39, 0.29) is 5.41 Å². The van der Waals surface area contributed by atoms with Crippen LogP contribution in [0.25, 0.3) is 11.3 Å². The Morgan fingerprint density at radius 3 is 2.83 bits per heavy atom. The summed E-state index contributed by atoms with van der Waals surface area (Å²) in [6.07, 6.45) is 14.4. The van der Waals surface area contributed by atoms with Crippen LogP contribution in [-0.4, -0.2) is 28.8 Å². The van der Waals surface area contributed by atoms with Gasteiger partial charge in [-0.25, -0.2) is 4.68 Å². The number of carbonyl (C=O) groups excluding carboxylic acids is 1. The van der Waals surface area contributed by atoms with E-state index in [9.17, 15) is 4.79 Å². The van der Waals surface area contributed by atoms with E-state index in [4.69, 9.17) is 10.8 Å². The summed E-state index contributed by atoms with van der Waals surface area (Å²) < 4.78 is 1.88. The molecule has 1 aliphatic heterocycles. The lowest BCUT2D eigenvalue weighted by Crippen LogP contribution is -2.43. The van der Waals surface area contributed by atoms with E-state index in [0.717, 1.165) is 37.2 Å². The summed E-state index contributed by atoms with van der Waals surface area (Å²) in [6, 6.07) is 8.80. The number of carbonyl (C=O) groups is 1. The fraction of sp³-hybridized carbons (Fsp3) is 0.417. The summed E-state index contributed by atoms with van der Waals surface area (Å²) in [5.74, 6) is -0.440. The molecule has 5 nitrogen and oxygen atoms in total. The van der Waals surface area contributed by atoms with Gasteiger partial charge >= 0.3 is 0 Å². The molecule has 1 aliphatic carbocycles. The van der Waals surface area contributed by atoms with Gasteiger partial charge in [-0.3, -0.25) is 4.79 Å². The van der Waals surface area contributed by atoms with Gasteiger partial charge in [0.15, 0.2) is 0 Å². The molecule has 2 aliphatic rings. The maximum atomic E-state index is 11.9. The van der Waals surface area contributed by atoms with Gasteiger partial charge in [-0.2, -0.15) is 5.10 Å². The highest BCUT2D eigenvalue weighted by molar-refractivity contribution is 6.18. The zero-order chi connectivity index (χ0) is 20.3. The summed E-state index contributed by atoms with van der Waals surface area (Å²) in [7, 11) is 0. The molecule has 152 valence electrons. The molecule has 0 radical (unpaired) electrons. The first-order valence-corrected chi connectivity index (χ1v) is 10.7. The van der Waals surface area contributed by atoms with Gasteiger partial charge in [-0.1, -0.05) is 37.6 Å². The van der Waals surface area contributed by atoms with Crippen molar-refractivity contribution in [1.82, 2.24) is 15.1 Å². The summed E-state index contributed by atoms with van der Waals surface area (Å²) in [6.45, 7) is 4.44. The predicted molar refractivity (Wildman–Crippen MR) is 117 cm³/mol. The summed E-state index contributed by atoms with van der Waals surface area (Å²) in [5, 5.41) is 8.31. The number of aryl methyl sites for hydroxylation is 1. The molecule has 0 bridgehead atoms. The molecule has 1 fully saturated rings. The number of rotatable bonds is 5. The summed E-state index contributed by atoms with van der Waals surface area (Å²) >= 11 is 0. The monoisotopic (exact) mass is 390 g/mol. The van der Waals surface area contributed by atoms with Crippen LogP contribution in [0.15, 0.2) is 48.7 Å². The number of aromatic nitrogens is 2. The van der Waals surface area contributed by atoms with Crippen molar-refractivity contribution in [3.8, 4) is 5.69 Å². The zero-order valence-corrected chi connectivity index (χ0v) is 17.2. The van der Waals surface area contributed by atoms with Crippen molar-refractivity contribution in [3.63, 3.8) is 0 Å². The summed E-state index contributed by atoms with van der Waals surface area (Å²) in [5.41, 5.74) is 10.5. The van der Waals surface area contributed by atoms with Gasteiger partial charge in [-0.05, 0) is 68.0 Å². The zero-order valence-electron chi connectivity index (χ0n) is 17.2. The van der Waals surface area contributed by atoms with E-state index in [1.165, 1.54) is 31.2 Å². The Morgan fingerprint density at radius 2 is 2.14 bits per heavy atom. The molecule has 5 heteroatoms. The lowest BCUT2D eigenvalue weighted by molar-refractivity contribution is -0.112. The predicted octanol–water partition coefficient (Wildman–Crippen LogP) is 3.66. The molecule has 1 aromatic heterocycles. The van der Waals surface area contributed by atoms with Gasteiger partial charge in [-0.15, -0.1) is 0 Å². The average Bonchev–Trinajstić information content (AvgIpc) is 3.12. The minimum absolute atomic E-state index is 0.234. The Labute approximate surface area is 172 Å². The lowest BCUT2D eigenvalue weighted by Gasteiger charge is -2.38. The maximum absolute atomic E-state index is 11.9. The van der Waals surface area contributed by atoms with Crippen molar-refractivity contribution >= 4 is 11.5 Å². The fourth-order valence-electron chi connectivity index (χ4n) is 4.75. The molecule has 1 atom stereocenters. The number of hydrogen-bond donors (Lipinski definition) is 2. The molecule has 3 N–H and O–H groups in total. The second-order valence-electron chi connectivity index (χ2n) is 8.22. The van der Waals surface area contributed by atoms with Crippen molar-refractivity contribution in [1.29, 1.82) is 0 Å². The molecular weight excluding hydrogens is 360 g/mol. The number of hydrogen-bond acceptors (Lipinski definition) is 3. The van der Waals surface area contributed by atoms with Crippen LogP contribution >= 0.6 is 0 Å². The Bertz CT molecular complexity index is 925. The number of amides is 1. The first-order valence-electron chi connectivity index (χ1n) is 10.7. The van der Waals surface area contributed by atoms with E-state index in [1.54, 1.807) is 6.08 Å². The van der Waals surface area contributed by atoms with Crippen molar-refractivity contribution < 1.29 is 4.79 Å². The molecule has 1 saturated heterocycles. The second kappa shape index (κ2) is 8.37. The number of nitrogens with one attached hydrogen (secondary N) is 1. The van der Waals surface area contributed by atoms with Crippen molar-refractivity contribution in [3.05, 3.63) is 65.5 Å². The number of primary amides is 1. The highest BCUT2D eigenvalue weighted by atomic mass is 16.1. The van der Waals surface area contributed by atoms with Gasteiger partial charge < -0.3 is 11.1 Å². The highest BCUT2D eigenvalue weighted by Crippen LogP contribution is 2.36. The van der Waals surface area contributed by atoms with E-state index in [1.807, 2.05) is 17.0 Å². The Balaban J connectivity index is 1.66. The number of benzene rings is 1. The molecule has 1 aromatic carbocycles. The van der Waals surface area contributed by atoms with Crippen LogP contribution in [0.5, 0.6) is 0 Å². The quantitative estimate of drug-likeness (QED) is 0.818. The van der Waals surface area contributed by atoms with Gasteiger partial charge in [0.1, 0.15) is 5.69 Å². The first-order chi connectivity index (χ1) is 14.1. The van der Waals surface area contributed by atoms with Crippen LogP contribution in [0.3, 0.4) is 0 Å². The van der Waals surface area contributed by atoms with E-state index >= 15 is 0 Å². The molecule has 0 saturated carbocycles. The van der Waals surface area contributed by atoms with Gasteiger partial charge in [0.25, 0.3) is 5.91 Å². The minimum Gasteiger partial charge on any atom is -0.366 e. The molecule has 2 heterocycles. The van der Waals surface area contributed by atoms with Crippen LogP contribution in [0.2, 0.25) is 0 Å². The Hall–Kier alpha value is -2.66. The molecule has 0 spiro atoms. The molecule has 2 aromatic rings. The van der Waals surface area contributed by atoms with E-state index < -0.39 is 5.91 Å². The van der Waals surface area contributed by atoms with E-state index in [0.29, 0.717) is 11.3 Å². The Morgan fingerprint density at radius 1 is 1.31 bits per heavy atom. The number of piperidine rings is 1. The number of fused-ring (bicyclic) bond motifs is 1. The standard InChI is InChI=1S/C24H30N4O/c1-2-13-24(14-6-15-26-17-24)19-9-11-20(12-10-19)28-16-18-7-4-3-5-8-21(23(25)29)22(18)27-28/h3,5,8-12,16,26H,2,4,6-7,13-15,17H2,1H3,(H2,25,29)/b5-3+,21-8+/t24-/m0/s1. The topological polar surface area (TPSA) is 72.9 Å². The first kappa shape index (κ1) is 19.6. The fourth-order valence-corrected chi connectivity index (χ4v) is 4.75. The van der Waals surface area contributed by atoms with Gasteiger partial charge in [0.2, 0.25) is 0 Å². The largest absolute Gasteiger partial charge is 0.366 e. The molecule has 4 rings (SSSR count). The van der Waals surface area contributed by atoms with Crippen LogP contribution in [0.4, 0.5) is 0 Å². The third-order valence-corrected chi connectivity index (χ3v) is 6.23. The maximum Gasteiger partial charge on any atom is 0.250 e. The normalized spacial score (nSPS) is 24.7. The minimum atomic E-state index is -0.440. The van der Waals surface area contributed by atoms with Crippen LogP contribution < -0.4 is 11.1 Å². The van der Waals surface area contributed by atoms with Crippen molar-refractivity contribution in [2.75, 3.05) is 13.1 Å². The van der Waals surface area contributed by atoms with Gasteiger partial charge in [0, 0.05) is 18.2 Å². The molecule has 29 heavy (non-hydrogen) atoms. The van der Waals surface area contributed by atoms with Crippen LogP contribution in [0, 0.1) is 0 Å². The molecular formula is C24H30N4O. The van der Waals surface area contributed by atoms with Crippen LogP contribution in [-0.2, 0) is 16.6 Å². The highest BCUT2D eigenvalue weighted by Gasteiger charge is 2.32. The third kappa shape index (κ3) is 3.92. The molecule has 1 amide bonds. The van der Waals surface area contributed by atoms with Gasteiger partial charge in [0.05, 0.1) is 11.3 Å². The third-order valence-electron chi connectivity index (χ3n) is 6.23. The average molecular weight is 391 g/mol. The Kier molecular flexibility index (Phi) is 5.67. The van der Waals surface area contributed by atoms with Crippen molar-refractivity contribution in [2.24, 2.45) is 5.73 Å². The van der Waals surface area contributed by atoms with Crippen molar-refractivity contribution in [2.45, 2.75) is 50.9 Å². The lowest BCUT2D eigenvalue weighted by atomic mass is 9.72.